The normalized spacial score (nSPS) is 12.2. The van der Waals surface area contributed by atoms with E-state index in [0.717, 1.165) is 12.8 Å². The molecule has 0 aliphatic rings. The molecule has 0 fully saturated rings. The summed E-state index contributed by atoms with van der Waals surface area (Å²) < 4.78 is 1.44. The molecule has 1 unspecified atom stereocenters. The van der Waals surface area contributed by atoms with Gasteiger partial charge in [0.05, 0.1) is 0 Å². The summed E-state index contributed by atoms with van der Waals surface area (Å²) in [5.74, 6) is 0.662. The van der Waals surface area contributed by atoms with E-state index >= 15 is 0 Å². The number of carbonyl (C=O) groups excluding carboxylic acids is 1. The molecular weight excluding hydrogens is 230 g/mol. The van der Waals surface area contributed by atoms with E-state index in [4.69, 9.17) is 5.26 Å². The highest BCUT2D eigenvalue weighted by Crippen LogP contribution is 2.06. The third-order valence-electron chi connectivity index (χ3n) is 2.61. The van der Waals surface area contributed by atoms with E-state index in [1.807, 2.05) is 13.0 Å². The minimum atomic E-state index is -0.123. The van der Waals surface area contributed by atoms with Crippen molar-refractivity contribution in [2.24, 2.45) is 5.92 Å². The summed E-state index contributed by atoms with van der Waals surface area (Å²) in [7, 11) is 0. The Kier molecular flexibility index (Phi) is 5.31. The van der Waals surface area contributed by atoms with Crippen LogP contribution >= 0.6 is 0 Å². The summed E-state index contributed by atoms with van der Waals surface area (Å²) >= 11 is 0. The topological polar surface area (TPSA) is 83.6 Å². The highest BCUT2D eigenvalue weighted by Gasteiger charge is 2.11. The molecule has 0 spiro atoms. The van der Waals surface area contributed by atoms with Gasteiger partial charge in [-0.1, -0.05) is 13.8 Å². The molecule has 0 radical (unpaired) electrons. The lowest BCUT2D eigenvalue weighted by atomic mass is 10.0. The monoisotopic (exact) mass is 249 g/mol. The maximum Gasteiger partial charge on any atom is 0.240 e. The first-order chi connectivity index (χ1) is 8.52. The molecule has 0 saturated heterocycles. The van der Waals surface area contributed by atoms with Gasteiger partial charge in [0.2, 0.25) is 11.7 Å². The molecule has 98 valence electrons. The Labute approximate surface area is 107 Å². The molecule has 6 heteroatoms. The molecule has 0 aromatic carbocycles. The van der Waals surface area contributed by atoms with Crippen molar-refractivity contribution in [1.29, 1.82) is 5.26 Å². The van der Waals surface area contributed by atoms with Crippen LogP contribution < -0.4 is 5.32 Å². The number of hydrogen-bond donors (Lipinski definition) is 1. The third-order valence-corrected chi connectivity index (χ3v) is 2.61. The molecule has 0 aliphatic carbocycles. The van der Waals surface area contributed by atoms with E-state index < -0.39 is 0 Å². The van der Waals surface area contributed by atoms with Crippen LogP contribution in [0.2, 0.25) is 0 Å². The van der Waals surface area contributed by atoms with E-state index in [2.05, 4.69) is 29.4 Å². The second-order valence-electron chi connectivity index (χ2n) is 4.83. The molecule has 1 aromatic rings. The van der Waals surface area contributed by atoms with Gasteiger partial charge in [-0.3, -0.25) is 9.36 Å². The summed E-state index contributed by atoms with van der Waals surface area (Å²) in [6, 6.07) is 2.02. The number of rotatable bonds is 6. The maximum absolute atomic E-state index is 11.7. The van der Waals surface area contributed by atoms with Crippen molar-refractivity contribution in [2.75, 3.05) is 0 Å². The molecule has 0 saturated carbocycles. The fourth-order valence-corrected chi connectivity index (χ4v) is 1.59. The Morgan fingerprint density at radius 3 is 2.83 bits per heavy atom. The molecule has 0 aliphatic heterocycles. The van der Waals surface area contributed by atoms with Gasteiger partial charge in [0, 0.05) is 6.04 Å². The Hall–Kier alpha value is -1.90. The van der Waals surface area contributed by atoms with Gasteiger partial charge in [-0.05, 0) is 25.7 Å². The van der Waals surface area contributed by atoms with Crippen LogP contribution in [0.4, 0.5) is 0 Å². The van der Waals surface area contributed by atoms with E-state index in [-0.39, 0.29) is 24.3 Å². The zero-order chi connectivity index (χ0) is 13.5. The summed E-state index contributed by atoms with van der Waals surface area (Å²) in [6.07, 6.45) is 3.42. The van der Waals surface area contributed by atoms with Crippen molar-refractivity contribution < 1.29 is 4.79 Å². The zero-order valence-corrected chi connectivity index (χ0v) is 11.1. The van der Waals surface area contributed by atoms with Crippen molar-refractivity contribution in [3.63, 3.8) is 0 Å². The molecule has 1 aromatic heterocycles. The van der Waals surface area contributed by atoms with Crippen molar-refractivity contribution in [3.8, 4) is 6.07 Å². The molecule has 1 amide bonds. The van der Waals surface area contributed by atoms with E-state index in [1.165, 1.54) is 10.9 Å². The number of aromatic nitrogens is 3. The first-order valence-electron chi connectivity index (χ1n) is 6.10. The smallest absolute Gasteiger partial charge is 0.240 e. The summed E-state index contributed by atoms with van der Waals surface area (Å²) in [5, 5.41) is 18.8. The fourth-order valence-electron chi connectivity index (χ4n) is 1.59. The lowest BCUT2D eigenvalue weighted by molar-refractivity contribution is -0.122. The van der Waals surface area contributed by atoms with Crippen molar-refractivity contribution in [3.05, 3.63) is 12.2 Å². The molecule has 0 bridgehead atoms. The Morgan fingerprint density at radius 2 is 2.22 bits per heavy atom. The number of nitrogens with one attached hydrogen (secondary N) is 1. The van der Waals surface area contributed by atoms with E-state index in [1.54, 1.807) is 0 Å². The number of nitriles is 1. The van der Waals surface area contributed by atoms with Crippen molar-refractivity contribution in [2.45, 2.75) is 46.2 Å². The maximum atomic E-state index is 11.7. The Bertz CT molecular complexity index is 432. The fraction of sp³-hybridized carbons (Fsp3) is 0.667. The van der Waals surface area contributed by atoms with Crippen LogP contribution in [-0.4, -0.2) is 26.7 Å². The first kappa shape index (κ1) is 14.2. The minimum absolute atomic E-state index is 0.0852. The average molecular weight is 249 g/mol. The van der Waals surface area contributed by atoms with Crippen LogP contribution in [0.1, 0.15) is 39.4 Å². The lowest BCUT2D eigenvalue weighted by Crippen LogP contribution is -2.35. The van der Waals surface area contributed by atoms with Crippen LogP contribution in [-0.2, 0) is 11.3 Å². The summed E-state index contributed by atoms with van der Waals surface area (Å²) in [5.41, 5.74) is 0. The quantitative estimate of drug-likeness (QED) is 0.818. The standard InChI is InChI=1S/C12H19N5O/c1-9(2)4-5-10(3)15-12(18)7-17-8-14-16-11(17)6-13/h8-10H,4-5,7H2,1-3H3,(H,15,18). The van der Waals surface area contributed by atoms with Crippen LogP contribution in [0.15, 0.2) is 6.33 Å². The highest BCUT2D eigenvalue weighted by atomic mass is 16.2. The summed E-state index contributed by atoms with van der Waals surface area (Å²) in [4.78, 5) is 11.7. The molecule has 18 heavy (non-hydrogen) atoms. The molecule has 1 atom stereocenters. The highest BCUT2D eigenvalue weighted by molar-refractivity contribution is 5.76. The second-order valence-corrected chi connectivity index (χ2v) is 4.83. The lowest BCUT2D eigenvalue weighted by Gasteiger charge is -2.15. The van der Waals surface area contributed by atoms with Crippen LogP contribution in [0.3, 0.4) is 0 Å². The molecular formula is C12H19N5O. The van der Waals surface area contributed by atoms with Gasteiger partial charge < -0.3 is 5.32 Å². The van der Waals surface area contributed by atoms with Gasteiger partial charge in [0.1, 0.15) is 18.9 Å². The number of carbonyl (C=O) groups is 1. The van der Waals surface area contributed by atoms with E-state index in [9.17, 15) is 4.79 Å². The van der Waals surface area contributed by atoms with Gasteiger partial charge in [0.15, 0.2) is 0 Å². The second kappa shape index (κ2) is 6.74. The molecule has 1 rings (SSSR count). The largest absolute Gasteiger partial charge is 0.352 e. The first-order valence-corrected chi connectivity index (χ1v) is 6.10. The number of hydrogen-bond acceptors (Lipinski definition) is 4. The van der Waals surface area contributed by atoms with Gasteiger partial charge in [-0.25, -0.2) is 0 Å². The zero-order valence-electron chi connectivity index (χ0n) is 11.1. The Balaban J connectivity index is 2.40. The van der Waals surface area contributed by atoms with Crippen molar-refractivity contribution in [1.82, 2.24) is 20.1 Å². The average Bonchev–Trinajstić information content (AvgIpc) is 2.73. The molecule has 1 heterocycles. The SMILES string of the molecule is CC(C)CCC(C)NC(=O)Cn1cnnc1C#N. The van der Waals surface area contributed by atoms with Gasteiger partial charge in [-0.2, -0.15) is 5.26 Å². The van der Waals surface area contributed by atoms with Crippen LogP contribution in [0.5, 0.6) is 0 Å². The van der Waals surface area contributed by atoms with Gasteiger partial charge >= 0.3 is 0 Å². The number of amides is 1. The molecule has 1 N–H and O–H groups in total. The Morgan fingerprint density at radius 1 is 1.50 bits per heavy atom. The molecule has 6 nitrogen and oxygen atoms in total. The van der Waals surface area contributed by atoms with E-state index in [0.29, 0.717) is 5.92 Å². The number of nitrogens with zero attached hydrogens (tertiary/aromatic N) is 4. The van der Waals surface area contributed by atoms with Gasteiger partial charge in [0.25, 0.3) is 0 Å². The van der Waals surface area contributed by atoms with Gasteiger partial charge in [-0.15, -0.1) is 10.2 Å². The third kappa shape index (κ3) is 4.53. The van der Waals surface area contributed by atoms with Crippen LogP contribution in [0, 0.1) is 17.2 Å². The predicted molar refractivity (Wildman–Crippen MR) is 66.4 cm³/mol. The minimum Gasteiger partial charge on any atom is -0.352 e. The van der Waals surface area contributed by atoms with Crippen molar-refractivity contribution >= 4 is 5.91 Å². The van der Waals surface area contributed by atoms with Crippen LogP contribution in [0.25, 0.3) is 0 Å². The summed E-state index contributed by atoms with van der Waals surface area (Å²) in [6.45, 7) is 6.38. The predicted octanol–water partition coefficient (Wildman–Crippen LogP) is 1.09.